The molecule has 0 aromatic carbocycles. The number of nitrogens with one attached hydrogen (secondary N) is 1. The molecule has 114 valence electrons. The minimum atomic E-state index is 0.00247. The van der Waals surface area contributed by atoms with E-state index in [2.05, 4.69) is 37.1 Å². The maximum Gasteiger partial charge on any atom is 0.118 e. The molecule has 4 heteroatoms. The van der Waals surface area contributed by atoms with Crippen molar-refractivity contribution in [3.63, 3.8) is 0 Å². The second-order valence-electron chi connectivity index (χ2n) is 6.04. The Morgan fingerprint density at radius 2 is 2.30 bits per heavy atom. The van der Waals surface area contributed by atoms with E-state index in [-0.39, 0.29) is 5.60 Å². The van der Waals surface area contributed by atoms with Gasteiger partial charge in [-0.2, -0.15) is 0 Å². The topological polar surface area (TPSA) is 37.6 Å². The summed E-state index contributed by atoms with van der Waals surface area (Å²) in [6, 6.07) is 2.19. The second-order valence-corrected chi connectivity index (χ2v) is 6.04. The zero-order valence-electron chi connectivity index (χ0n) is 13.3. The van der Waals surface area contributed by atoms with Crippen molar-refractivity contribution >= 4 is 0 Å². The molecule has 1 unspecified atom stereocenters. The van der Waals surface area contributed by atoms with Gasteiger partial charge in [0.1, 0.15) is 11.5 Å². The first kappa shape index (κ1) is 15.5. The number of aryl methyl sites for hydroxylation is 1. The lowest BCUT2D eigenvalue weighted by molar-refractivity contribution is -0.0527. The predicted molar refractivity (Wildman–Crippen MR) is 80.8 cm³/mol. The lowest BCUT2D eigenvalue weighted by Crippen LogP contribution is -2.46. The van der Waals surface area contributed by atoms with Crippen molar-refractivity contribution in [2.75, 3.05) is 26.7 Å². The summed E-state index contributed by atoms with van der Waals surface area (Å²) >= 11 is 0. The number of likely N-dealkylation sites (tertiary alicyclic amines) is 1. The highest BCUT2D eigenvalue weighted by Gasteiger charge is 2.31. The van der Waals surface area contributed by atoms with Gasteiger partial charge in [-0.15, -0.1) is 0 Å². The highest BCUT2D eigenvalue weighted by Crippen LogP contribution is 2.26. The van der Waals surface area contributed by atoms with Gasteiger partial charge >= 0.3 is 0 Å². The molecule has 0 amide bonds. The van der Waals surface area contributed by atoms with E-state index in [1.165, 1.54) is 12.0 Å². The monoisotopic (exact) mass is 280 g/mol. The Labute approximate surface area is 122 Å². The quantitative estimate of drug-likeness (QED) is 0.869. The average Bonchev–Trinajstić information content (AvgIpc) is 2.77. The van der Waals surface area contributed by atoms with Gasteiger partial charge in [0, 0.05) is 25.8 Å². The van der Waals surface area contributed by atoms with Crippen LogP contribution < -0.4 is 5.32 Å². The third-order valence-electron chi connectivity index (χ3n) is 4.25. The van der Waals surface area contributed by atoms with Crippen molar-refractivity contribution in [3.05, 3.63) is 23.2 Å². The normalized spacial score (nSPS) is 24.2. The summed E-state index contributed by atoms with van der Waals surface area (Å²) in [6.45, 7) is 11.3. The second kappa shape index (κ2) is 6.74. The van der Waals surface area contributed by atoms with Crippen LogP contribution >= 0.6 is 0 Å². The van der Waals surface area contributed by atoms with Crippen molar-refractivity contribution in [2.45, 2.75) is 52.3 Å². The molecule has 0 aliphatic carbocycles. The van der Waals surface area contributed by atoms with E-state index >= 15 is 0 Å². The molecular weight excluding hydrogens is 252 g/mol. The fourth-order valence-corrected chi connectivity index (χ4v) is 2.93. The van der Waals surface area contributed by atoms with Gasteiger partial charge in [-0.25, -0.2) is 0 Å². The summed E-state index contributed by atoms with van der Waals surface area (Å²) in [5.74, 6) is 2.08. The minimum Gasteiger partial charge on any atom is -0.465 e. The number of methoxy groups -OCH3 is 1. The van der Waals surface area contributed by atoms with Crippen LogP contribution in [0.5, 0.6) is 0 Å². The minimum absolute atomic E-state index is 0.00247. The number of rotatable bonds is 6. The Balaban J connectivity index is 1.97. The SMILES string of the molecule is CCNCc1cc(CN2CCCC(C)(OC)C2)c(C)o1. The Kier molecular flexibility index (Phi) is 5.24. The Morgan fingerprint density at radius 3 is 3.00 bits per heavy atom. The first-order chi connectivity index (χ1) is 9.56. The molecule has 1 aromatic heterocycles. The molecule has 4 nitrogen and oxygen atoms in total. The molecule has 0 saturated carbocycles. The number of hydrogen-bond donors (Lipinski definition) is 1. The van der Waals surface area contributed by atoms with Gasteiger partial charge in [0.2, 0.25) is 0 Å². The molecule has 1 aliphatic heterocycles. The molecule has 1 saturated heterocycles. The van der Waals surface area contributed by atoms with Crippen LogP contribution in [-0.2, 0) is 17.8 Å². The van der Waals surface area contributed by atoms with E-state index in [4.69, 9.17) is 9.15 Å². The summed E-state index contributed by atoms with van der Waals surface area (Å²) in [4.78, 5) is 2.47. The lowest BCUT2D eigenvalue weighted by atomic mass is 9.94. The predicted octanol–water partition coefficient (Wildman–Crippen LogP) is 2.70. The molecule has 0 bridgehead atoms. The van der Waals surface area contributed by atoms with Gasteiger partial charge in [0.25, 0.3) is 0 Å². The molecule has 20 heavy (non-hydrogen) atoms. The molecule has 1 atom stereocenters. The molecular formula is C16H28N2O2. The first-order valence-electron chi connectivity index (χ1n) is 7.63. The molecule has 0 spiro atoms. The fourth-order valence-electron chi connectivity index (χ4n) is 2.93. The summed E-state index contributed by atoms with van der Waals surface area (Å²) in [5.41, 5.74) is 1.31. The van der Waals surface area contributed by atoms with Crippen molar-refractivity contribution < 1.29 is 9.15 Å². The zero-order chi connectivity index (χ0) is 14.6. The number of furan rings is 1. The van der Waals surface area contributed by atoms with E-state index in [0.717, 1.165) is 50.7 Å². The third-order valence-corrected chi connectivity index (χ3v) is 4.25. The fraction of sp³-hybridized carbons (Fsp3) is 0.750. The van der Waals surface area contributed by atoms with Crippen LogP contribution in [0.2, 0.25) is 0 Å². The van der Waals surface area contributed by atoms with Crippen LogP contribution in [0.25, 0.3) is 0 Å². The number of nitrogens with zero attached hydrogens (tertiary/aromatic N) is 1. The summed E-state index contributed by atoms with van der Waals surface area (Å²) in [6.07, 6.45) is 2.35. The average molecular weight is 280 g/mol. The maximum absolute atomic E-state index is 5.82. The van der Waals surface area contributed by atoms with Crippen LogP contribution in [0.3, 0.4) is 0 Å². The van der Waals surface area contributed by atoms with Crippen LogP contribution in [0.4, 0.5) is 0 Å². The molecule has 2 rings (SSSR count). The van der Waals surface area contributed by atoms with Gasteiger partial charge in [0.15, 0.2) is 0 Å². The number of ether oxygens (including phenoxy) is 1. The van der Waals surface area contributed by atoms with Crippen LogP contribution in [0, 0.1) is 6.92 Å². The molecule has 1 N–H and O–H groups in total. The summed E-state index contributed by atoms with van der Waals surface area (Å²) in [5, 5.41) is 3.30. The smallest absolute Gasteiger partial charge is 0.118 e. The van der Waals surface area contributed by atoms with Crippen molar-refractivity contribution in [2.24, 2.45) is 0 Å². The van der Waals surface area contributed by atoms with E-state index < -0.39 is 0 Å². The maximum atomic E-state index is 5.82. The summed E-state index contributed by atoms with van der Waals surface area (Å²) < 4.78 is 11.5. The third kappa shape index (κ3) is 3.84. The number of piperidine rings is 1. The Hall–Kier alpha value is -0.840. The van der Waals surface area contributed by atoms with Crippen LogP contribution in [0.15, 0.2) is 10.5 Å². The highest BCUT2D eigenvalue weighted by atomic mass is 16.5. The standard InChI is InChI=1S/C16H28N2O2/c1-5-17-10-15-9-14(13(2)20-15)11-18-8-6-7-16(3,12-18)19-4/h9,17H,5-8,10-12H2,1-4H3. The van der Waals surface area contributed by atoms with Gasteiger partial charge in [-0.05, 0) is 45.8 Å². The highest BCUT2D eigenvalue weighted by molar-refractivity contribution is 5.21. The molecule has 2 heterocycles. The van der Waals surface area contributed by atoms with Gasteiger partial charge in [0.05, 0.1) is 12.1 Å². The van der Waals surface area contributed by atoms with Crippen molar-refractivity contribution in [3.8, 4) is 0 Å². The van der Waals surface area contributed by atoms with Crippen LogP contribution in [-0.4, -0.2) is 37.2 Å². The lowest BCUT2D eigenvalue weighted by Gasteiger charge is -2.39. The Morgan fingerprint density at radius 1 is 1.50 bits per heavy atom. The first-order valence-corrected chi connectivity index (χ1v) is 7.63. The molecule has 1 aromatic rings. The summed E-state index contributed by atoms with van der Waals surface area (Å²) in [7, 11) is 1.82. The largest absolute Gasteiger partial charge is 0.465 e. The molecule has 1 aliphatic rings. The van der Waals surface area contributed by atoms with Gasteiger partial charge in [-0.3, -0.25) is 4.90 Å². The van der Waals surface area contributed by atoms with E-state index in [9.17, 15) is 0 Å². The van der Waals surface area contributed by atoms with Crippen LogP contribution in [0.1, 0.15) is 43.8 Å². The van der Waals surface area contributed by atoms with Gasteiger partial charge in [-0.1, -0.05) is 6.92 Å². The van der Waals surface area contributed by atoms with E-state index in [1.807, 2.05) is 7.11 Å². The van der Waals surface area contributed by atoms with E-state index in [1.54, 1.807) is 0 Å². The van der Waals surface area contributed by atoms with Gasteiger partial charge < -0.3 is 14.5 Å². The van der Waals surface area contributed by atoms with E-state index in [0.29, 0.717) is 0 Å². The van der Waals surface area contributed by atoms with Crippen molar-refractivity contribution in [1.29, 1.82) is 0 Å². The molecule has 1 fully saturated rings. The van der Waals surface area contributed by atoms with Crippen molar-refractivity contribution in [1.82, 2.24) is 10.2 Å². The Bertz CT molecular complexity index is 430. The molecule has 0 radical (unpaired) electrons. The zero-order valence-corrected chi connectivity index (χ0v) is 13.3. The number of hydrogen-bond acceptors (Lipinski definition) is 4.